The highest BCUT2D eigenvalue weighted by atomic mass is 32.2. The Balaban J connectivity index is 1.79. The van der Waals surface area contributed by atoms with E-state index in [-0.39, 0.29) is 6.54 Å². The average molecular weight is 366 g/mol. The molecule has 1 N–H and O–H groups in total. The van der Waals surface area contributed by atoms with Gasteiger partial charge in [0.15, 0.2) is 0 Å². The lowest BCUT2D eigenvalue weighted by Gasteiger charge is -2.08. The Bertz CT molecular complexity index is 958. The highest BCUT2D eigenvalue weighted by Gasteiger charge is 2.19. The van der Waals surface area contributed by atoms with Crippen LogP contribution in [0.5, 0.6) is 0 Å². The van der Waals surface area contributed by atoms with Crippen molar-refractivity contribution in [3.8, 4) is 10.4 Å². The Kier molecular flexibility index (Phi) is 4.70. The van der Waals surface area contributed by atoms with Crippen molar-refractivity contribution < 1.29 is 17.2 Å². The molecular formula is C16H12F2N2O2S2. The van der Waals surface area contributed by atoms with Crippen LogP contribution in [0.4, 0.5) is 8.78 Å². The van der Waals surface area contributed by atoms with Gasteiger partial charge in [0.2, 0.25) is 10.0 Å². The van der Waals surface area contributed by atoms with Crippen molar-refractivity contribution in [2.45, 2.75) is 11.4 Å². The molecule has 2 aromatic heterocycles. The van der Waals surface area contributed by atoms with Crippen molar-refractivity contribution in [1.29, 1.82) is 0 Å². The van der Waals surface area contributed by atoms with Gasteiger partial charge in [-0.3, -0.25) is 4.98 Å². The van der Waals surface area contributed by atoms with E-state index >= 15 is 0 Å². The second-order valence-electron chi connectivity index (χ2n) is 4.96. The number of aromatic nitrogens is 1. The van der Waals surface area contributed by atoms with Crippen LogP contribution in [0.3, 0.4) is 0 Å². The summed E-state index contributed by atoms with van der Waals surface area (Å²) in [6.45, 7) is -0.0502. The van der Waals surface area contributed by atoms with E-state index in [2.05, 4.69) is 9.71 Å². The van der Waals surface area contributed by atoms with Gasteiger partial charge >= 0.3 is 0 Å². The van der Waals surface area contributed by atoms with Gasteiger partial charge in [-0.05, 0) is 35.2 Å². The molecule has 2 heterocycles. The minimum atomic E-state index is -4.09. The quantitative estimate of drug-likeness (QED) is 0.751. The zero-order valence-electron chi connectivity index (χ0n) is 12.2. The summed E-state index contributed by atoms with van der Waals surface area (Å²) in [6.07, 6.45) is 3.21. The third-order valence-corrected chi connectivity index (χ3v) is 5.60. The van der Waals surface area contributed by atoms with E-state index in [9.17, 15) is 17.2 Å². The van der Waals surface area contributed by atoms with Crippen molar-refractivity contribution in [2.24, 2.45) is 0 Å². The van der Waals surface area contributed by atoms with Gasteiger partial charge in [-0.25, -0.2) is 21.9 Å². The molecule has 3 aromatic rings. The van der Waals surface area contributed by atoms with Crippen LogP contribution in [-0.2, 0) is 16.6 Å². The third kappa shape index (κ3) is 3.66. The summed E-state index contributed by atoms with van der Waals surface area (Å²) in [4.78, 5) is 4.51. The number of rotatable bonds is 5. The Morgan fingerprint density at radius 3 is 2.67 bits per heavy atom. The van der Waals surface area contributed by atoms with Gasteiger partial charge in [0.1, 0.15) is 16.5 Å². The summed E-state index contributed by atoms with van der Waals surface area (Å²) in [7, 11) is -4.09. The Morgan fingerprint density at radius 1 is 1.12 bits per heavy atom. The van der Waals surface area contributed by atoms with Crippen LogP contribution in [0, 0.1) is 11.6 Å². The van der Waals surface area contributed by atoms with Crippen molar-refractivity contribution in [3.63, 3.8) is 0 Å². The van der Waals surface area contributed by atoms with Crippen LogP contribution in [0.2, 0.25) is 0 Å². The summed E-state index contributed by atoms with van der Waals surface area (Å²) >= 11 is 1.54. The molecular weight excluding hydrogens is 354 g/mol. The van der Waals surface area contributed by atoms with Crippen LogP contribution >= 0.6 is 11.3 Å². The maximum Gasteiger partial charge on any atom is 0.243 e. The molecule has 0 fully saturated rings. The highest BCUT2D eigenvalue weighted by Crippen LogP contribution is 2.24. The second kappa shape index (κ2) is 6.76. The molecule has 0 aliphatic rings. The molecule has 0 unspecified atom stereocenters. The number of hydrogen-bond donors (Lipinski definition) is 1. The number of pyridine rings is 1. The second-order valence-corrected chi connectivity index (χ2v) is 7.64. The third-order valence-electron chi connectivity index (χ3n) is 3.25. The molecule has 0 radical (unpaired) electrons. The fourth-order valence-electron chi connectivity index (χ4n) is 2.11. The molecule has 3 rings (SSSR count). The number of nitrogens with zero attached hydrogens (tertiary/aromatic N) is 1. The SMILES string of the molecule is O=S(=O)(NCc1cncc(-c2cccs2)c1)c1ccc(F)cc1F. The first-order valence-electron chi connectivity index (χ1n) is 6.88. The molecule has 0 spiro atoms. The first-order valence-corrected chi connectivity index (χ1v) is 9.24. The van der Waals surface area contributed by atoms with Crippen LogP contribution in [0.25, 0.3) is 10.4 Å². The van der Waals surface area contributed by atoms with Crippen molar-refractivity contribution in [1.82, 2.24) is 9.71 Å². The number of thiophene rings is 1. The molecule has 0 aliphatic heterocycles. The van der Waals surface area contributed by atoms with E-state index in [1.807, 2.05) is 23.6 Å². The van der Waals surface area contributed by atoms with E-state index in [1.54, 1.807) is 17.5 Å². The fraction of sp³-hybridized carbons (Fsp3) is 0.0625. The van der Waals surface area contributed by atoms with Crippen molar-refractivity contribution in [2.75, 3.05) is 0 Å². The summed E-state index contributed by atoms with van der Waals surface area (Å²) in [5, 5.41) is 1.93. The lowest BCUT2D eigenvalue weighted by molar-refractivity contribution is 0.543. The van der Waals surface area contributed by atoms with Gasteiger partial charge in [-0.2, -0.15) is 0 Å². The maximum atomic E-state index is 13.7. The normalized spacial score (nSPS) is 11.6. The highest BCUT2D eigenvalue weighted by molar-refractivity contribution is 7.89. The Hall–Kier alpha value is -2.16. The lowest BCUT2D eigenvalue weighted by Crippen LogP contribution is -2.24. The monoisotopic (exact) mass is 366 g/mol. The molecule has 0 saturated carbocycles. The van der Waals surface area contributed by atoms with Crippen molar-refractivity contribution in [3.05, 3.63) is 71.4 Å². The molecule has 0 bridgehead atoms. The largest absolute Gasteiger partial charge is 0.264 e. The first-order chi connectivity index (χ1) is 11.5. The number of halogens is 2. The zero-order chi connectivity index (χ0) is 17.2. The van der Waals surface area contributed by atoms with Gasteiger partial charge in [0.25, 0.3) is 0 Å². The molecule has 0 saturated heterocycles. The maximum absolute atomic E-state index is 13.7. The number of hydrogen-bond acceptors (Lipinski definition) is 4. The Labute approximate surface area is 141 Å². The molecule has 4 nitrogen and oxygen atoms in total. The summed E-state index contributed by atoms with van der Waals surface area (Å²) < 4.78 is 53.2. The van der Waals surface area contributed by atoms with Gasteiger partial charge in [-0.15, -0.1) is 11.3 Å². The fourth-order valence-corrected chi connectivity index (χ4v) is 3.89. The number of nitrogens with one attached hydrogen (secondary N) is 1. The molecule has 0 amide bonds. The summed E-state index contributed by atoms with van der Waals surface area (Å²) in [6, 6.07) is 7.98. The van der Waals surface area contributed by atoms with E-state index < -0.39 is 26.6 Å². The molecule has 124 valence electrons. The van der Waals surface area contributed by atoms with Gasteiger partial charge in [-0.1, -0.05) is 6.07 Å². The molecule has 1 aromatic carbocycles. The van der Waals surface area contributed by atoms with Crippen LogP contribution in [0.1, 0.15) is 5.56 Å². The van der Waals surface area contributed by atoms with Crippen molar-refractivity contribution >= 4 is 21.4 Å². The molecule has 0 atom stereocenters. The van der Waals surface area contributed by atoms with E-state index in [0.717, 1.165) is 22.6 Å². The van der Waals surface area contributed by atoms with Gasteiger partial charge in [0, 0.05) is 35.4 Å². The van der Waals surface area contributed by atoms with Crippen LogP contribution in [0.15, 0.2) is 59.1 Å². The number of benzene rings is 1. The van der Waals surface area contributed by atoms with Gasteiger partial charge < -0.3 is 0 Å². The topological polar surface area (TPSA) is 59.1 Å². The summed E-state index contributed by atoms with van der Waals surface area (Å²) in [5.74, 6) is -1.97. The zero-order valence-corrected chi connectivity index (χ0v) is 13.9. The lowest BCUT2D eigenvalue weighted by atomic mass is 10.2. The van der Waals surface area contributed by atoms with Crippen LogP contribution < -0.4 is 4.72 Å². The standard InChI is InChI=1S/C16H12F2N2O2S2/c17-13-3-4-16(14(18)7-13)24(21,22)20-9-11-6-12(10-19-8-11)15-2-1-5-23-15/h1-8,10,20H,9H2. The molecule has 8 heteroatoms. The minimum Gasteiger partial charge on any atom is -0.264 e. The number of sulfonamides is 1. The smallest absolute Gasteiger partial charge is 0.243 e. The van der Waals surface area contributed by atoms with Crippen LogP contribution in [-0.4, -0.2) is 13.4 Å². The predicted octanol–water partition coefficient (Wildman–Crippen LogP) is 3.57. The molecule has 0 aliphatic carbocycles. The van der Waals surface area contributed by atoms with E-state index in [0.29, 0.717) is 11.6 Å². The predicted molar refractivity (Wildman–Crippen MR) is 87.9 cm³/mol. The minimum absolute atomic E-state index is 0.0502. The van der Waals surface area contributed by atoms with E-state index in [1.165, 1.54) is 6.20 Å². The molecule has 24 heavy (non-hydrogen) atoms. The summed E-state index contributed by atoms with van der Waals surface area (Å²) in [5.41, 5.74) is 1.50. The first kappa shape index (κ1) is 16.7. The van der Waals surface area contributed by atoms with E-state index in [4.69, 9.17) is 0 Å². The average Bonchev–Trinajstić information content (AvgIpc) is 3.07. The van der Waals surface area contributed by atoms with Gasteiger partial charge in [0.05, 0.1) is 0 Å². The Morgan fingerprint density at radius 2 is 1.96 bits per heavy atom.